The van der Waals surface area contributed by atoms with Gasteiger partial charge in [0.2, 0.25) is 0 Å². The van der Waals surface area contributed by atoms with Gasteiger partial charge in [0, 0.05) is 26.2 Å². The van der Waals surface area contributed by atoms with Crippen molar-refractivity contribution in [3.05, 3.63) is 29.0 Å². The molecule has 0 aliphatic carbocycles. The number of hydrogen-bond acceptors (Lipinski definition) is 2. The highest BCUT2D eigenvalue weighted by molar-refractivity contribution is 6.33. The Kier molecular flexibility index (Phi) is 3.91. The standard InChI is InChI=1S/C12H14ClFN2O2/c13-10-3-2-9(14)8-11(10)15-4-1-5-16(7-6-15)12(17)18/h2-3,8H,1,4-7H2,(H,17,18). The number of amides is 1. The Labute approximate surface area is 110 Å². The smallest absolute Gasteiger partial charge is 0.407 e. The van der Waals surface area contributed by atoms with Crippen LogP contribution in [0.4, 0.5) is 14.9 Å². The molecular formula is C12H14ClFN2O2. The molecule has 18 heavy (non-hydrogen) atoms. The number of anilines is 1. The van der Waals surface area contributed by atoms with E-state index < -0.39 is 6.09 Å². The van der Waals surface area contributed by atoms with Crippen LogP contribution in [0.1, 0.15) is 6.42 Å². The molecule has 4 nitrogen and oxygen atoms in total. The molecule has 1 aromatic rings. The summed E-state index contributed by atoms with van der Waals surface area (Å²) in [6.45, 7) is 2.10. The highest BCUT2D eigenvalue weighted by atomic mass is 35.5. The minimum atomic E-state index is -0.915. The number of carboxylic acid groups (broad SMARTS) is 1. The Hall–Kier alpha value is -1.49. The number of rotatable bonds is 1. The van der Waals surface area contributed by atoms with Crippen molar-refractivity contribution < 1.29 is 14.3 Å². The Balaban J connectivity index is 2.14. The lowest BCUT2D eigenvalue weighted by molar-refractivity contribution is 0.148. The molecule has 1 aliphatic heterocycles. The van der Waals surface area contributed by atoms with Crippen LogP contribution in [0.15, 0.2) is 18.2 Å². The molecule has 1 N–H and O–H groups in total. The van der Waals surface area contributed by atoms with E-state index in [0.717, 1.165) is 0 Å². The van der Waals surface area contributed by atoms with E-state index in [2.05, 4.69) is 0 Å². The van der Waals surface area contributed by atoms with Gasteiger partial charge in [-0.15, -0.1) is 0 Å². The molecule has 1 heterocycles. The summed E-state index contributed by atoms with van der Waals surface area (Å²) < 4.78 is 13.2. The lowest BCUT2D eigenvalue weighted by Gasteiger charge is -2.23. The SMILES string of the molecule is O=C(O)N1CCCN(c2cc(F)ccc2Cl)CC1. The predicted molar refractivity (Wildman–Crippen MR) is 67.8 cm³/mol. The molecular weight excluding hydrogens is 259 g/mol. The highest BCUT2D eigenvalue weighted by Gasteiger charge is 2.19. The highest BCUT2D eigenvalue weighted by Crippen LogP contribution is 2.27. The fourth-order valence-electron chi connectivity index (χ4n) is 2.08. The van der Waals surface area contributed by atoms with E-state index in [1.807, 2.05) is 4.90 Å². The van der Waals surface area contributed by atoms with Gasteiger partial charge in [-0.25, -0.2) is 9.18 Å². The molecule has 2 rings (SSSR count). The van der Waals surface area contributed by atoms with Crippen molar-refractivity contribution in [1.29, 1.82) is 0 Å². The van der Waals surface area contributed by atoms with Crippen LogP contribution in [0.2, 0.25) is 5.02 Å². The number of benzene rings is 1. The molecule has 0 unspecified atom stereocenters. The molecule has 1 aromatic carbocycles. The molecule has 6 heteroatoms. The Morgan fingerprint density at radius 1 is 1.28 bits per heavy atom. The zero-order chi connectivity index (χ0) is 13.1. The molecule has 0 spiro atoms. The van der Waals surface area contributed by atoms with Crippen LogP contribution in [0.25, 0.3) is 0 Å². The number of hydrogen-bond donors (Lipinski definition) is 1. The summed E-state index contributed by atoms with van der Waals surface area (Å²) in [6.07, 6.45) is -0.207. The van der Waals surface area contributed by atoms with Crippen LogP contribution in [-0.4, -0.2) is 42.3 Å². The maximum Gasteiger partial charge on any atom is 0.407 e. The second kappa shape index (κ2) is 5.44. The quantitative estimate of drug-likeness (QED) is 0.855. The average Bonchev–Trinajstić information content (AvgIpc) is 2.58. The molecule has 0 aromatic heterocycles. The van der Waals surface area contributed by atoms with Gasteiger partial charge in [0.25, 0.3) is 0 Å². The summed E-state index contributed by atoms with van der Waals surface area (Å²) in [5.74, 6) is -0.339. The summed E-state index contributed by atoms with van der Waals surface area (Å²) >= 11 is 6.04. The molecule has 0 saturated carbocycles. The maximum atomic E-state index is 13.2. The zero-order valence-corrected chi connectivity index (χ0v) is 10.5. The predicted octanol–water partition coefficient (Wildman–Crippen LogP) is 2.67. The van der Waals surface area contributed by atoms with Gasteiger partial charge in [0.1, 0.15) is 5.82 Å². The molecule has 1 saturated heterocycles. The lowest BCUT2D eigenvalue weighted by Crippen LogP contribution is -2.34. The lowest BCUT2D eigenvalue weighted by atomic mass is 10.2. The van der Waals surface area contributed by atoms with Crippen LogP contribution in [0.3, 0.4) is 0 Å². The first kappa shape index (κ1) is 13.0. The van der Waals surface area contributed by atoms with Gasteiger partial charge in [-0.05, 0) is 24.6 Å². The second-order valence-electron chi connectivity index (χ2n) is 4.21. The topological polar surface area (TPSA) is 43.8 Å². The first-order valence-electron chi connectivity index (χ1n) is 5.76. The van der Waals surface area contributed by atoms with Gasteiger partial charge in [0.05, 0.1) is 10.7 Å². The summed E-state index contributed by atoms with van der Waals surface area (Å²) in [7, 11) is 0. The minimum absolute atomic E-state index is 0.339. The molecule has 1 aliphatic rings. The Morgan fingerprint density at radius 2 is 2.06 bits per heavy atom. The number of carbonyl (C=O) groups is 1. The Morgan fingerprint density at radius 3 is 2.78 bits per heavy atom. The molecule has 0 atom stereocenters. The third-order valence-corrected chi connectivity index (χ3v) is 3.33. The molecule has 0 bridgehead atoms. The van der Waals surface area contributed by atoms with Crippen LogP contribution >= 0.6 is 11.6 Å². The van der Waals surface area contributed by atoms with Crippen molar-refractivity contribution >= 4 is 23.4 Å². The number of nitrogens with zero attached hydrogens (tertiary/aromatic N) is 2. The first-order chi connectivity index (χ1) is 8.58. The fraction of sp³-hybridized carbons (Fsp3) is 0.417. The van der Waals surface area contributed by atoms with E-state index in [9.17, 15) is 9.18 Å². The van der Waals surface area contributed by atoms with Gasteiger partial charge in [-0.3, -0.25) is 0 Å². The Bertz CT molecular complexity index is 456. The normalized spacial score (nSPS) is 16.6. The van der Waals surface area contributed by atoms with E-state index in [4.69, 9.17) is 16.7 Å². The van der Waals surface area contributed by atoms with Crippen LogP contribution in [0, 0.1) is 5.82 Å². The zero-order valence-electron chi connectivity index (χ0n) is 9.77. The minimum Gasteiger partial charge on any atom is -0.465 e. The summed E-state index contributed by atoms with van der Waals surface area (Å²) in [5.41, 5.74) is 0.629. The fourth-order valence-corrected chi connectivity index (χ4v) is 2.31. The van der Waals surface area contributed by atoms with E-state index in [1.54, 1.807) is 0 Å². The van der Waals surface area contributed by atoms with Crippen molar-refractivity contribution in [1.82, 2.24) is 4.90 Å². The monoisotopic (exact) mass is 272 g/mol. The average molecular weight is 273 g/mol. The van der Waals surface area contributed by atoms with Crippen molar-refractivity contribution in [2.75, 3.05) is 31.1 Å². The van der Waals surface area contributed by atoms with Gasteiger partial charge in [0.15, 0.2) is 0 Å². The van der Waals surface area contributed by atoms with Crippen molar-refractivity contribution in [3.63, 3.8) is 0 Å². The molecule has 98 valence electrons. The summed E-state index contributed by atoms with van der Waals surface area (Å²) in [4.78, 5) is 14.2. The largest absolute Gasteiger partial charge is 0.465 e. The molecule has 1 fully saturated rings. The van der Waals surface area contributed by atoms with Crippen molar-refractivity contribution in [2.24, 2.45) is 0 Å². The van der Waals surface area contributed by atoms with Crippen molar-refractivity contribution in [3.8, 4) is 0 Å². The van der Waals surface area contributed by atoms with E-state index in [-0.39, 0.29) is 5.82 Å². The first-order valence-corrected chi connectivity index (χ1v) is 6.13. The van der Waals surface area contributed by atoms with E-state index in [1.165, 1.54) is 23.1 Å². The molecule has 1 amide bonds. The van der Waals surface area contributed by atoms with Crippen molar-refractivity contribution in [2.45, 2.75) is 6.42 Å². The van der Waals surface area contributed by atoms with Gasteiger partial charge in [-0.2, -0.15) is 0 Å². The van der Waals surface area contributed by atoms with Crippen LogP contribution in [-0.2, 0) is 0 Å². The van der Waals surface area contributed by atoms with E-state index >= 15 is 0 Å². The number of halogens is 2. The summed E-state index contributed by atoms with van der Waals surface area (Å²) in [6, 6.07) is 4.22. The van der Waals surface area contributed by atoms with Gasteiger partial charge >= 0.3 is 6.09 Å². The van der Waals surface area contributed by atoms with E-state index in [0.29, 0.717) is 43.3 Å². The third-order valence-electron chi connectivity index (χ3n) is 3.02. The molecule has 0 radical (unpaired) electrons. The van der Waals surface area contributed by atoms with Gasteiger partial charge < -0.3 is 14.9 Å². The van der Waals surface area contributed by atoms with Gasteiger partial charge in [-0.1, -0.05) is 11.6 Å². The third kappa shape index (κ3) is 2.85. The summed E-state index contributed by atoms with van der Waals surface area (Å²) in [5, 5.41) is 9.43. The van der Waals surface area contributed by atoms with Crippen LogP contribution in [0.5, 0.6) is 0 Å². The second-order valence-corrected chi connectivity index (χ2v) is 4.61. The maximum absolute atomic E-state index is 13.2. The van der Waals surface area contributed by atoms with Crippen LogP contribution < -0.4 is 4.90 Å².